The lowest BCUT2D eigenvalue weighted by Crippen LogP contribution is -2.12. The zero-order valence-electron chi connectivity index (χ0n) is 6.40. The van der Waals surface area contributed by atoms with Crippen LogP contribution >= 0.6 is 0 Å². The number of benzene rings is 1. The van der Waals surface area contributed by atoms with E-state index in [-0.39, 0.29) is 9.79 Å². The zero-order chi connectivity index (χ0) is 9.84. The molecule has 0 heterocycles. The molecule has 0 saturated carbocycles. The molecule has 0 aliphatic rings. The Bertz CT molecular complexity index is 358. The average molecular weight is 222 g/mol. The summed E-state index contributed by atoms with van der Waals surface area (Å²) in [4.78, 5) is 1.31. The molecule has 0 bridgehead atoms. The highest BCUT2D eigenvalue weighted by Crippen LogP contribution is 2.14. The van der Waals surface area contributed by atoms with Crippen LogP contribution in [0.15, 0.2) is 34.1 Å². The first-order chi connectivity index (χ1) is 6.16. The topological polar surface area (TPSA) is 72.2 Å². The van der Waals surface area contributed by atoms with Crippen molar-refractivity contribution < 1.29 is 12.9 Å². The van der Waals surface area contributed by atoms with Gasteiger partial charge in [-0.2, -0.15) is 0 Å². The Morgan fingerprint density at radius 2 is 1.77 bits per heavy atom. The number of nitrogens with one attached hydrogen (secondary N) is 1. The molecule has 0 radical (unpaired) electrons. The van der Waals surface area contributed by atoms with Gasteiger partial charge >= 0.3 is 0 Å². The van der Waals surface area contributed by atoms with Crippen LogP contribution in [0.1, 0.15) is 0 Å². The highest BCUT2D eigenvalue weighted by atomic mass is 32.2. The van der Waals surface area contributed by atoms with Crippen molar-refractivity contribution in [3.63, 3.8) is 0 Å². The molecule has 3 N–H and O–H groups in total. The summed E-state index contributed by atoms with van der Waals surface area (Å²) in [6.07, 6.45) is 0. The number of nitrogens with two attached hydrogens (primary N) is 1. The van der Waals surface area contributed by atoms with Crippen LogP contribution in [-0.2, 0) is 22.0 Å². The van der Waals surface area contributed by atoms with E-state index in [9.17, 15) is 12.9 Å². The lowest BCUT2D eigenvalue weighted by molar-refractivity contribution is 0.448. The van der Waals surface area contributed by atoms with Crippen LogP contribution < -0.4 is 10.1 Å². The van der Waals surface area contributed by atoms with E-state index in [1.165, 1.54) is 12.1 Å². The van der Waals surface area contributed by atoms with Gasteiger partial charge in [-0.25, -0.2) is 13.6 Å². The molecule has 7 heteroatoms. The summed E-state index contributed by atoms with van der Waals surface area (Å²) in [6.45, 7) is 0. The first-order valence-corrected chi connectivity index (χ1v) is 5.56. The predicted octanol–water partition coefficient (Wildman–Crippen LogP) is 0.165. The van der Waals surface area contributed by atoms with Gasteiger partial charge in [-0.05, 0) is 12.1 Å². The fourth-order valence-corrected chi connectivity index (χ4v) is 2.30. The third kappa shape index (κ3) is 2.41. The fraction of sp³-hybridized carbons (Fsp3) is 0. The molecule has 0 amide bonds. The van der Waals surface area contributed by atoms with Gasteiger partial charge in [0.1, 0.15) is 11.0 Å². The van der Waals surface area contributed by atoms with Crippen molar-refractivity contribution in [2.75, 3.05) is 0 Å². The number of hydrogen-bond acceptors (Lipinski definition) is 2. The zero-order valence-corrected chi connectivity index (χ0v) is 8.03. The quantitative estimate of drug-likeness (QED) is 0.715. The molecule has 0 aliphatic heterocycles. The summed E-state index contributed by atoms with van der Waals surface area (Å²) in [7, 11) is -3.77. The second kappa shape index (κ2) is 4.56. The number of halogens is 1. The van der Waals surface area contributed by atoms with Crippen molar-refractivity contribution in [2.24, 2.45) is 5.14 Å². The summed E-state index contributed by atoms with van der Waals surface area (Å²) in [5.74, 6) is 0. The average Bonchev–Trinajstić information content (AvgIpc) is 2.16. The van der Waals surface area contributed by atoms with E-state index < -0.39 is 22.0 Å². The van der Waals surface area contributed by atoms with E-state index in [2.05, 4.69) is 0 Å². The Labute approximate surface area is 79.4 Å². The standard InChI is InChI=1S/C6H7FN2O2S2/c7-9-13(11)6-4-2-1-3-5(6)12(8)10/h1-4,9H,8H2. The first-order valence-electron chi connectivity index (χ1n) is 3.20. The van der Waals surface area contributed by atoms with Crippen molar-refractivity contribution >= 4 is 22.0 Å². The van der Waals surface area contributed by atoms with Crippen molar-refractivity contribution in [2.45, 2.75) is 9.79 Å². The van der Waals surface area contributed by atoms with Gasteiger partial charge in [-0.3, -0.25) is 0 Å². The molecular weight excluding hydrogens is 215 g/mol. The van der Waals surface area contributed by atoms with Crippen molar-refractivity contribution in [1.29, 1.82) is 0 Å². The summed E-state index contributed by atoms with van der Waals surface area (Å²) >= 11 is 0. The van der Waals surface area contributed by atoms with Gasteiger partial charge in [-0.1, -0.05) is 17.1 Å². The molecule has 1 aromatic rings. The van der Waals surface area contributed by atoms with E-state index in [1.807, 2.05) is 0 Å². The van der Waals surface area contributed by atoms with Gasteiger partial charge in [0.2, 0.25) is 0 Å². The highest BCUT2D eigenvalue weighted by molar-refractivity contribution is 7.86. The molecule has 2 atom stereocenters. The van der Waals surface area contributed by atoms with Crippen LogP contribution in [0.3, 0.4) is 0 Å². The predicted molar refractivity (Wildman–Crippen MR) is 47.7 cm³/mol. The summed E-state index contributed by atoms with van der Waals surface area (Å²) in [5, 5.41) is 5.09. The third-order valence-corrected chi connectivity index (χ3v) is 3.15. The minimum Gasteiger partial charge on any atom is -0.248 e. The van der Waals surface area contributed by atoms with Crippen LogP contribution in [0.2, 0.25) is 0 Å². The lowest BCUT2D eigenvalue weighted by Gasteiger charge is -2.02. The largest absolute Gasteiger partial charge is 0.248 e. The Balaban J connectivity index is 3.19. The third-order valence-electron chi connectivity index (χ3n) is 1.34. The van der Waals surface area contributed by atoms with Gasteiger partial charge in [0.05, 0.1) is 9.79 Å². The van der Waals surface area contributed by atoms with Crippen LogP contribution in [-0.4, -0.2) is 8.42 Å². The molecular formula is C6H7FN2O2S2. The SMILES string of the molecule is NS(=O)c1ccccc1S(=O)NF. The summed E-state index contributed by atoms with van der Waals surface area (Å²) in [5.41, 5.74) is 0. The number of hydrogen-bond donors (Lipinski definition) is 2. The van der Waals surface area contributed by atoms with E-state index >= 15 is 0 Å². The smallest absolute Gasteiger partial charge is 0.154 e. The first kappa shape index (κ1) is 10.5. The maximum Gasteiger partial charge on any atom is 0.154 e. The molecule has 0 spiro atoms. The van der Waals surface area contributed by atoms with Gasteiger partial charge in [0.25, 0.3) is 0 Å². The Hall–Kier alpha value is -0.630. The maximum absolute atomic E-state index is 11.8. The molecule has 0 fully saturated rings. The second-order valence-electron chi connectivity index (χ2n) is 2.09. The minimum atomic E-state index is -2.01. The Morgan fingerprint density at radius 3 is 2.23 bits per heavy atom. The van der Waals surface area contributed by atoms with Gasteiger partial charge in [0, 0.05) is 0 Å². The molecule has 2 unspecified atom stereocenters. The van der Waals surface area contributed by atoms with E-state index in [1.54, 1.807) is 12.1 Å². The monoisotopic (exact) mass is 222 g/mol. The second-order valence-corrected chi connectivity index (χ2v) is 4.26. The molecule has 0 aliphatic carbocycles. The van der Waals surface area contributed by atoms with Crippen molar-refractivity contribution in [3.8, 4) is 0 Å². The molecule has 1 rings (SSSR count). The van der Waals surface area contributed by atoms with Crippen LogP contribution in [0.25, 0.3) is 0 Å². The molecule has 4 nitrogen and oxygen atoms in total. The summed E-state index contributed by atoms with van der Waals surface area (Å²) < 4.78 is 33.7. The van der Waals surface area contributed by atoms with Crippen LogP contribution in [0, 0.1) is 0 Å². The Morgan fingerprint density at radius 1 is 1.23 bits per heavy atom. The molecule has 72 valence electrons. The van der Waals surface area contributed by atoms with Crippen molar-refractivity contribution in [1.82, 2.24) is 4.94 Å². The fourth-order valence-electron chi connectivity index (χ4n) is 0.811. The van der Waals surface area contributed by atoms with E-state index in [4.69, 9.17) is 5.14 Å². The molecule has 13 heavy (non-hydrogen) atoms. The van der Waals surface area contributed by atoms with Crippen LogP contribution in [0.5, 0.6) is 0 Å². The van der Waals surface area contributed by atoms with Gasteiger partial charge in [0.15, 0.2) is 11.0 Å². The highest BCUT2D eigenvalue weighted by Gasteiger charge is 2.11. The van der Waals surface area contributed by atoms with Gasteiger partial charge in [-0.15, -0.1) is 4.48 Å². The minimum absolute atomic E-state index is 0.0887. The van der Waals surface area contributed by atoms with Crippen LogP contribution in [0.4, 0.5) is 4.48 Å². The van der Waals surface area contributed by atoms with Gasteiger partial charge < -0.3 is 0 Å². The number of rotatable bonds is 3. The lowest BCUT2D eigenvalue weighted by atomic mass is 10.4. The van der Waals surface area contributed by atoms with E-state index in [0.717, 1.165) is 4.94 Å². The normalized spacial score (nSPS) is 15.2. The molecule has 0 aromatic heterocycles. The Kier molecular flexibility index (Phi) is 3.67. The molecule has 1 aromatic carbocycles. The maximum atomic E-state index is 11.8. The van der Waals surface area contributed by atoms with E-state index in [0.29, 0.717) is 0 Å². The molecule has 0 saturated heterocycles. The summed E-state index contributed by atoms with van der Waals surface area (Å²) in [6, 6.07) is 5.96. The van der Waals surface area contributed by atoms with Crippen molar-refractivity contribution in [3.05, 3.63) is 24.3 Å².